The van der Waals surface area contributed by atoms with Crippen molar-refractivity contribution >= 4 is 34.9 Å². The number of ether oxygens (including phenoxy) is 1. The zero-order valence-corrected chi connectivity index (χ0v) is 14.5. The van der Waals surface area contributed by atoms with E-state index in [1.807, 2.05) is 32.0 Å². The predicted octanol–water partition coefficient (Wildman–Crippen LogP) is 3.22. The van der Waals surface area contributed by atoms with Crippen LogP contribution >= 0.6 is 12.2 Å². The first kappa shape index (κ1) is 17.6. The van der Waals surface area contributed by atoms with Crippen molar-refractivity contribution in [1.82, 2.24) is 5.32 Å². The Morgan fingerprint density at radius 3 is 2.25 bits per heavy atom. The van der Waals surface area contributed by atoms with E-state index in [1.165, 1.54) is 13.2 Å². The standard InChI is InChI=1S/C18H18N2O3S/c1-11-7-12(2)9-15(8-11)19-18(24)20-16(21)13-5-4-6-14(10-13)17(22)23-3/h4-10H,1-3H3,(H2,19,20,21,24). The van der Waals surface area contributed by atoms with E-state index in [1.54, 1.807) is 18.2 Å². The summed E-state index contributed by atoms with van der Waals surface area (Å²) in [5, 5.41) is 5.77. The normalized spacial score (nSPS) is 9.96. The van der Waals surface area contributed by atoms with Gasteiger partial charge in [-0.3, -0.25) is 10.1 Å². The highest BCUT2D eigenvalue weighted by molar-refractivity contribution is 7.80. The maximum absolute atomic E-state index is 12.3. The van der Waals surface area contributed by atoms with E-state index in [4.69, 9.17) is 12.2 Å². The van der Waals surface area contributed by atoms with Crippen LogP contribution in [-0.4, -0.2) is 24.1 Å². The fourth-order valence-corrected chi connectivity index (χ4v) is 2.50. The minimum absolute atomic E-state index is 0.188. The molecule has 0 aliphatic rings. The van der Waals surface area contributed by atoms with Crippen molar-refractivity contribution in [2.75, 3.05) is 12.4 Å². The minimum Gasteiger partial charge on any atom is -0.465 e. The van der Waals surface area contributed by atoms with Gasteiger partial charge in [-0.1, -0.05) is 12.1 Å². The first-order chi connectivity index (χ1) is 11.4. The van der Waals surface area contributed by atoms with Crippen LogP contribution in [0.25, 0.3) is 0 Å². The lowest BCUT2D eigenvalue weighted by Crippen LogP contribution is -2.34. The van der Waals surface area contributed by atoms with E-state index in [0.717, 1.165) is 16.8 Å². The Balaban J connectivity index is 2.06. The summed E-state index contributed by atoms with van der Waals surface area (Å²) >= 11 is 5.17. The molecule has 0 saturated heterocycles. The third-order valence-electron chi connectivity index (χ3n) is 3.25. The van der Waals surface area contributed by atoms with E-state index in [-0.39, 0.29) is 5.11 Å². The molecule has 124 valence electrons. The molecule has 24 heavy (non-hydrogen) atoms. The van der Waals surface area contributed by atoms with Gasteiger partial charge in [0.1, 0.15) is 0 Å². The number of benzene rings is 2. The highest BCUT2D eigenvalue weighted by Gasteiger charge is 2.12. The van der Waals surface area contributed by atoms with E-state index >= 15 is 0 Å². The van der Waals surface area contributed by atoms with Crippen molar-refractivity contribution in [3.63, 3.8) is 0 Å². The van der Waals surface area contributed by atoms with Gasteiger partial charge in [0, 0.05) is 11.3 Å². The number of methoxy groups -OCH3 is 1. The van der Waals surface area contributed by atoms with Gasteiger partial charge in [0.2, 0.25) is 0 Å². The zero-order chi connectivity index (χ0) is 17.7. The summed E-state index contributed by atoms with van der Waals surface area (Å²) in [7, 11) is 1.29. The molecule has 2 aromatic carbocycles. The summed E-state index contributed by atoms with van der Waals surface area (Å²) in [6, 6.07) is 12.2. The molecule has 0 saturated carbocycles. The van der Waals surface area contributed by atoms with Crippen LogP contribution in [0.2, 0.25) is 0 Å². The van der Waals surface area contributed by atoms with Crippen molar-refractivity contribution in [2.24, 2.45) is 0 Å². The number of esters is 1. The molecule has 0 atom stereocenters. The lowest BCUT2D eigenvalue weighted by molar-refractivity contribution is 0.0600. The molecule has 2 aromatic rings. The second-order valence-corrected chi connectivity index (χ2v) is 5.77. The summed E-state index contributed by atoms with van der Waals surface area (Å²) in [5.74, 6) is -0.900. The summed E-state index contributed by atoms with van der Waals surface area (Å²) in [6.07, 6.45) is 0. The Labute approximate surface area is 146 Å². The fourth-order valence-electron chi connectivity index (χ4n) is 2.29. The maximum atomic E-state index is 12.3. The van der Waals surface area contributed by atoms with Crippen LogP contribution < -0.4 is 10.6 Å². The number of carbonyl (C=O) groups excluding carboxylic acids is 2. The van der Waals surface area contributed by atoms with Crippen LogP contribution in [0.1, 0.15) is 31.8 Å². The number of carbonyl (C=O) groups is 2. The average molecular weight is 342 g/mol. The molecule has 0 bridgehead atoms. The fraction of sp³-hybridized carbons (Fsp3) is 0.167. The van der Waals surface area contributed by atoms with Crippen LogP contribution in [0.15, 0.2) is 42.5 Å². The lowest BCUT2D eigenvalue weighted by Gasteiger charge is -2.11. The number of rotatable bonds is 3. The largest absolute Gasteiger partial charge is 0.465 e. The Bertz CT molecular complexity index is 782. The van der Waals surface area contributed by atoms with Crippen molar-refractivity contribution in [3.8, 4) is 0 Å². The topological polar surface area (TPSA) is 67.4 Å². The maximum Gasteiger partial charge on any atom is 0.337 e. The molecule has 0 heterocycles. The van der Waals surface area contributed by atoms with Gasteiger partial charge in [-0.05, 0) is 67.5 Å². The molecule has 0 aliphatic heterocycles. The molecule has 0 fully saturated rings. The molecule has 2 rings (SSSR count). The zero-order valence-electron chi connectivity index (χ0n) is 13.7. The van der Waals surface area contributed by atoms with Gasteiger partial charge in [-0.25, -0.2) is 4.79 Å². The van der Waals surface area contributed by atoms with Crippen molar-refractivity contribution in [3.05, 3.63) is 64.7 Å². The van der Waals surface area contributed by atoms with Crippen LogP contribution in [0, 0.1) is 13.8 Å². The van der Waals surface area contributed by atoms with E-state index in [9.17, 15) is 9.59 Å². The Kier molecular flexibility index (Phi) is 5.65. The highest BCUT2D eigenvalue weighted by atomic mass is 32.1. The molecule has 0 aliphatic carbocycles. The van der Waals surface area contributed by atoms with E-state index in [2.05, 4.69) is 15.4 Å². The summed E-state index contributed by atoms with van der Waals surface area (Å²) in [5.41, 5.74) is 3.62. The number of hydrogen-bond donors (Lipinski definition) is 2. The highest BCUT2D eigenvalue weighted by Crippen LogP contribution is 2.13. The number of hydrogen-bond acceptors (Lipinski definition) is 4. The number of amides is 1. The van der Waals surface area contributed by atoms with Gasteiger partial charge < -0.3 is 10.1 Å². The van der Waals surface area contributed by atoms with Gasteiger partial charge in [0.25, 0.3) is 5.91 Å². The molecule has 6 heteroatoms. The second kappa shape index (κ2) is 7.70. The SMILES string of the molecule is COC(=O)c1cccc(C(=O)NC(=S)Nc2cc(C)cc(C)c2)c1. The van der Waals surface area contributed by atoms with Gasteiger partial charge >= 0.3 is 5.97 Å². The van der Waals surface area contributed by atoms with Crippen molar-refractivity contribution < 1.29 is 14.3 Å². The van der Waals surface area contributed by atoms with Gasteiger partial charge in [0.05, 0.1) is 12.7 Å². The lowest BCUT2D eigenvalue weighted by atomic mass is 10.1. The molecule has 0 radical (unpaired) electrons. The number of anilines is 1. The van der Waals surface area contributed by atoms with Crippen LogP contribution in [0.3, 0.4) is 0 Å². The molecule has 0 unspecified atom stereocenters. The smallest absolute Gasteiger partial charge is 0.337 e. The molecular formula is C18H18N2O3S. The molecular weight excluding hydrogens is 324 g/mol. The van der Waals surface area contributed by atoms with E-state index < -0.39 is 11.9 Å². The van der Waals surface area contributed by atoms with Crippen LogP contribution in [0.4, 0.5) is 5.69 Å². The Hall–Kier alpha value is -2.73. The van der Waals surface area contributed by atoms with Gasteiger partial charge in [-0.15, -0.1) is 0 Å². The van der Waals surface area contributed by atoms with Crippen LogP contribution in [0.5, 0.6) is 0 Å². The van der Waals surface area contributed by atoms with Crippen molar-refractivity contribution in [1.29, 1.82) is 0 Å². The monoisotopic (exact) mass is 342 g/mol. The molecule has 0 spiro atoms. The second-order valence-electron chi connectivity index (χ2n) is 5.36. The molecule has 1 amide bonds. The predicted molar refractivity (Wildman–Crippen MR) is 97.4 cm³/mol. The van der Waals surface area contributed by atoms with Crippen molar-refractivity contribution in [2.45, 2.75) is 13.8 Å². The van der Waals surface area contributed by atoms with Crippen LogP contribution in [-0.2, 0) is 4.74 Å². The third kappa shape index (κ3) is 4.63. The first-order valence-electron chi connectivity index (χ1n) is 7.28. The average Bonchev–Trinajstić information content (AvgIpc) is 2.53. The summed E-state index contributed by atoms with van der Waals surface area (Å²) < 4.78 is 4.64. The molecule has 5 nitrogen and oxygen atoms in total. The van der Waals surface area contributed by atoms with Gasteiger partial charge in [-0.2, -0.15) is 0 Å². The quantitative estimate of drug-likeness (QED) is 0.662. The number of thiocarbonyl (C=S) groups is 1. The first-order valence-corrected chi connectivity index (χ1v) is 7.69. The number of nitrogens with one attached hydrogen (secondary N) is 2. The minimum atomic E-state index is -0.499. The molecule has 2 N–H and O–H groups in total. The Morgan fingerprint density at radius 1 is 1.00 bits per heavy atom. The van der Waals surface area contributed by atoms with E-state index in [0.29, 0.717) is 11.1 Å². The Morgan fingerprint density at radius 2 is 1.62 bits per heavy atom. The summed E-state index contributed by atoms with van der Waals surface area (Å²) in [4.78, 5) is 23.8. The van der Waals surface area contributed by atoms with Gasteiger partial charge in [0.15, 0.2) is 5.11 Å². The third-order valence-corrected chi connectivity index (χ3v) is 3.46. The summed E-state index contributed by atoms with van der Waals surface area (Å²) in [6.45, 7) is 3.97. The number of aryl methyl sites for hydroxylation is 2. The molecule has 0 aromatic heterocycles.